The van der Waals surface area contributed by atoms with Gasteiger partial charge in [0.1, 0.15) is 0 Å². The molecule has 0 aliphatic carbocycles. The Morgan fingerprint density at radius 2 is 1.85 bits per heavy atom. The minimum Gasteiger partial charge on any atom is -0.478 e. The summed E-state index contributed by atoms with van der Waals surface area (Å²) in [6, 6.07) is 4.58. The molecule has 1 aromatic rings. The van der Waals surface area contributed by atoms with Gasteiger partial charge in [-0.15, -0.1) is 0 Å². The van der Waals surface area contributed by atoms with E-state index in [2.05, 4.69) is 19.2 Å². The zero-order chi connectivity index (χ0) is 14.9. The van der Waals surface area contributed by atoms with Crippen molar-refractivity contribution in [3.63, 3.8) is 0 Å². The molecule has 2 rings (SSSR count). The van der Waals surface area contributed by atoms with Gasteiger partial charge in [-0.2, -0.15) is 0 Å². The fourth-order valence-corrected chi connectivity index (χ4v) is 2.38. The third kappa shape index (κ3) is 2.92. The van der Waals surface area contributed by atoms with Crippen molar-refractivity contribution in [1.29, 1.82) is 0 Å². The topological polar surface area (TPSA) is 69.6 Å². The summed E-state index contributed by atoms with van der Waals surface area (Å²) >= 11 is 0. The molecule has 2 N–H and O–H groups in total. The molecule has 20 heavy (non-hydrogen) atoms. The van der Waals surface area contributed by atoms with Gasteiger partial charge in [0.15, 0.2) is 0 Å². The summed E-state index contributed by atoms with van der Waals surface area (Å²) < 4.78 is 0. The maximum Gasteiger partial charge on any atom is 0.335 e. The summed E-state index contributed by atoms with van der Waals surface area (Å²) in [5.41, 5.74) is 1.58. The van der Waals surface area contributed by atoms with Gasteiger partial charge >= 0.3 is 12.0 Å². The first-order valence-corrected chi connectivity index (χ1v) is 6.78. The van der Waals surface area contributed by atoms with Gasteiger partial charge in [0.05, 0.1) is 5.56 Å². The van der Waals surface area contributed by atoms with Crippen LogP contribution < -0.4 is 5.32 Å². The number of carboxylic acids is 1. The molecule has 2 amide bonds. The first-order chi connectivity index (χ1) is 9.38. The van der Waals surface area contributed by atoms with Crippen LogP contribution in [0.15, 0.2) is 18.2 Å². The molecule has 0 aromatic heterocycles. The van der Waals surface area contributed by atoms with Gasteiger partial charge in [-0.1, -0.05) is 19.9 Å². The van der Waals surface area contributed by atoms with Crippen LogP contribution in [0.25, 0.3) is 0 Å². The molecule has 1 saturated heterocycles. The van der Waals surface area contributed by atoms with Crippen LogP contribution in [-0.4, -0.2) is 35.1 Å². The van der Waals surface area contributed by atoms with Crippen LogP contribution in [0.3, 0.4) is 0 Å². The van der Waals surface area contributed by atoms with E-state index in [9.17, 15) is 9.59 Å². The predicted octanol–water partition coefficient (Wildman–Crippen LogP) is 2.81. The molecule has 0 bridgehead atoms. The fraction of sp³-hybridized carbons (Fsp3) is 0.467. The van der Waals surface area contributed by atoms with Gasteiger partial charge in [-0.3, -0.25) is 0 Å². The summed E-state index contributed by atoms with van der Waals surface area (Å²) in [5.74, 6) is -0.0108. The van der Waals surface area contributed by atoms with E-state index < -0.39 is 5.97 Å². The van der Waals surface area contributed by atoms with Gasteiger partial charge in [0.25, 0.3) is 0 Å². The number of amides is 2. The molecule has 1 aliphatic rings. The Kier molecular flexibility index (Phi) is 3.97. The van der Waals surface area contributed by atoms with Gasteiger partial charge in [0, 0.05) is 18.8 Å². The Morgan fingerprint density at radius 1 is 1.25 bits per heavy atom. The molecule has 2 atom stereocenters. The summed E-state index contributed by atoms with van der Waals surface area (Å²) in [4.78, 5) is 25.0. The molecule has 5 nitrogen and oxygen atoms in total. The van der Waals surface area contributed by atoms with E-state index in [-0.39, 0.29) is 11.6 Å². The standard InChI is InChI=1S/C15H20N2O3/c1-9-4-5-12(14(18)19)6-13(9)16-15(20)17-7-10(2)11(3)8-17/h4-6,10-11H,7-8H2,1-3H3,(H,16,20)(H,18,19). The van der Waals surface area contributed by atoms with E-state index in [1.165, 1.54) is 12.1 Å². The molecule has 5 heteroatoms. The van der Waals surface area contributed by atoms with Gasteiger partial charge in [-0.25, -0.2) is 9.59 Å². The number of likely N-dealkylation sites (tertiary alicyclic amines) is 1. The number of hydrogen-bond donors (Lipinski definition) is 2. The summed E-state index contributed by atoms with van der Waals surface area (Å²) in [6.07, 6.45) is 0. The third-order valence-electron chi connectivity index (χ3n) is 4.00. The molecular formula is C15H20N2O3. The number of aryl methyl sites for hydroxylation is 1. The van der Waals surface area contributed by atoms with Crippen LogP contribution in [0.1, 0.15) is 29.8 Å². The maximum atomic E-state index is 12.2. The number of rotatable bonds is 2. The lowest BCUT2D eigenvalue weighted by Crippen LogP contribution is -2.33. The Balaban J connectivity index is 2.12. The highest BCUT2D eigenvalue weighted by Crippen LogP contribution is 2.24. The number of carboxylic acid groups (broad SMARTS) is 1. The first-order valence-electron chi connectivity index (χ1n) is 6.78. The number of nitrogens with one attached hydrogen (secondary N) is 1. The number of carbonyl (C=O) groups is 2. The highest BCUT2D eigenvalue weighted by Gasteiger charge is 2.29. The normalized spacial score (nSPS) is 21.9. The fourth-order valence-electron chi connectivity index (χ4n) is 2.38. The summed E-state index contributed by atoms with van der Waals surface area (Å²) in [5, 5.41) is 11.8. The molecule has 2 unspecified atom stereocenters. The van der Waals surface area contributed by atoms with E-state index in [0.29, 0.717) is 17.5 Å². The van der Waals surface area contributed by atoms with E-state index in [1.54, 1.807) is 11.0 Å². The van der Waals surface area contributed by atoms with Gasteiger partial charge in [0.2, 0.25) is 0 Å². The van der Waals surface area contributed by atoms with Crippen LogP contribution in [-0.2, 0) is 0 Å². The molecule has 0 saturated carbocycles. The second-order valence-corrected chi connectivity index (χ2v) is 5.62. The second kappa shape index (κ2) is 5.53. The molecule has 1 heterocycles. The van der Waals surface area contributed by atoms with Crippen molar-refractivity contribution in [2.45, 2.75) is 20.8 Å². The van der Waals surface area contributed by atoms with Crippen LogP contribution in [0.2, 0.25) is 0 Å². The molecule has 0 spiro atoms. The number of anilines is 1. The largest absolute Gasteiger partial charge is 0.478 e. The maximum absolute atomic E-state index is 12.2. The number of hydrogen-bond acceptors (Lipinski definition) is 2. The van der Waals surface area contributed by atoms with Crippen LogP contribution >= 0.6 is 0 Å². The molecule has 1 fully saturated rings. The van der Waals surface area contributed by atoms with Crippen molar-refractivity contribution in [1.82, 2.24) is 4.90 Å². The van der Waals surface area contributed by atoms with Crippen molar-refractivity contribution in [3.05, 3.63) is 29.3 Å². The van der Waals surface area contributed by atoms with E-state index >= 15 is 0 Å². The van der Waals surface area contributed by atoms with Crippen LogP contribution in [0, 0.1) is 18.8 Å². The van der Waals surface area contributed by atoms with E-state index in [4.69, 9.17) is 5.11 Å². The highest BCUT2D eigenvalue weighted by molar-refractivity contribution is 5.94. The summed E-state index contributed by atoms with van der Waals surface area (Å²) in [6.45, 7) is 7.59. The average Bonchev–Trinajstić information content (AvgIpc) is 2.72. The summed E-state index contributed by atoms with van der Waals surface area (Å²) in [7, 11) is 0. The van der Waals surface area contributed by atoms with Crippen LogP contribution in [0.4, 0.5) is 10.5 Å². The lowest BCUT2D eigenvalue weighted by Gasteiger charge is -2.18. The Labute approximate surface area is 118 Å². The zero-order valence-corrected chi connectivity index (χ0v) is 12.0. The Morgan fingerprint density at radius 3 is 2.40 bits per heavy atom. The van der Waals surface area contributed by atoms with Crippen molar-refractivity contribution >= 4 is 17.7 Å². The van der Waals surface area contributed by atoms with Crippen molar-refractivity contribution in [2.75, 3.05) is 18.4 Å². The molecule has 0 radical (unpaired) electrons. The zero-order valence-electron chi connectivity index (χ0n) is 12.0. The number of nitrogens with zero attached hydrogens (tertiary/aromatic N) is 1. The lowest BCUT2D eigenvalue weighted by atomic mass is 10.0. The number of carbonyl (C=O) groups excluding carboxylic acids is 1. The monoisotopic (exact) mass is 276 g/mol. The van der Waals surface area contributed by atoms with Gasteiger partial charge < -0.3 is 15.3 Å². The predicted molar refractivity (Wildman–Crippen MR) is 77.1 cm³/mol. The second-order valence-electron chi connectivity index (χ2n) is 5.62. The lowest BCUT2D eigenvalue weighted by molar-refractivity contribution is 0.0697. The minimum atomic E-state index is -0.996. The van der Waals surface area contributed by atoms with Crippen molar-refractivity contribution in [2.24, 2.45) is 11.8 Å². The Bertz CT molecular complexity index is 532. The number of aromatic carboxylic acids is 1. The molecular weight excluding hydrogens is 256 g/mol. The van der Waals surface area contributed by atoms with Crippen molar-refractivity contribution < 1.29 is 14.7 Å². The molecule has 1 aliphatic heterocycles. The Hall–Kier alpha value is -2.04. The number of urea groups is 1. The smallest absolute Gasteiger partial charge is 0.335 e. The molecule has 1 aromatic carbocycles. The van der Waals surface area contributed by atoms with E-state index in [0.717, 1.165) is 18.7 Å². The SMILES string of the molecule is Cc1ccc(C(=O)O)cc1NC(=O)N1CC(C)C(C)C1. The van der Waals surface area contributed by atoms with Crippen LogP contribution in [0.5, 0.6) is 0 Å². The average molecular weight is 276 g/mol. The third-order valence-corrected chi connectivity index (χ3v) is 4.00. The minimum absolute atomic E-state index is 0.160. The van der Waals surface area contributed by atoms with E-state index in [1.807, 2.05) is 6.92 Å². The quantitative estimate of drug-likeness (QED) is 0.872. The highest BCUT2D eigenvalue weighted by atomic mass is 16.4. The molecule has 108 valence electrons. The van der Waals surface area contributed by atoms with Gasteiger partial charge in [-0.05, 0) is 36.5 Å². The number of benzene rings is 1. The van der Waals surface area contributed by atoms with Crippen molar-refractivity contribution in [3.8, 4) is 0 Å². The first kappa shape index (κ1) is 14.4.